The van der Waals surface area contributed by atoms with Crippen LogP contribution < -0.4 is 9.62 Å². The largest absolute Gasteiger partial charge is 0.755 e. The molecule has 0 fully saturated rings. The molecule has 4 nitrogen and oxygen atoms in total. The van der Waals surface area contributed by atoms with Gasteiger partial charge in [-0.05, 0) is 25.0 Å². The number of fused-ring (bicyclic) bond motifs is 1. The van der Waals surface area contributed by atoms with Crippen LogP contribution in [0, 0.1) is 6.92 Å². The maximum absolute atomic E-state index is 10.9. The van der Waals surface area contributed by atoms with Gasteiger partial charge in [-0.15, -0.1) is 0 Å². The van der Waals surface area contributed by atoms with Gasteiger partial charge in [0.25, 0.3) is 0 Å². The van der Waals surface area contributed by atoms with Crippen molar-refractivity contribution in [1.82, 2.24) is 4.72 Å². The molecule has 1 aliphatic heterocycles. The Morgan fingerprint density at radius 3 is 2.89 bits per heavy atom. The number of nitrogens with zero attached hydrogens (tertiary/aromatic N) is 1. The third-order valence-electron chi connectivity index (χ3n) is 2.99. The molecule has 0 bridgehead atoms. The van der Waals surface area contributed by atoms with Crippen molar-refractivity contribution in [2.45, 2.75) is 13.3 Å². The van der Waals surface area contributed by atoms with E-state index in [-0.39, 0.29) is 0 Å². The molecule has 1 heterocycles. The molecule has 6 heteroatoms. The summed E-state index contributed by atoms with van der Waals surface area (Å²) in [6.07, 6.45) is 2.63. The van der Waals surface area contributed by atoms with Crippen molar-refractivity contribution in [3.63, 3.8) is 0 Å². The molecule has 0 radical (unpaired) electrons. The third-order valence-corrected chi connectivity index (χ3v) is 3.69. The van der Waals surface area contributed by atoms with Crippen LogP contribution in [0.15, 0.2) is 18.2 Å². The summed E-state index contributed by atoms with van der Waals surface area (Å²) in [5.41, 5.74) is 3.35. The van der Waals surface area contributed by atoms with E-state index in [1.165, 1.54) is 0 Å². The third kappa shape index (κ3) is 2.53. The Morgan fingerprint density at radius 2 is 2.22 bits per heavy atom. The highest BCUT2D eigenvalue weighted by molar-refractivity contribution is 7.77. The topological polar surface area (TPSA) is 55.4 Å². The van der Waals surface area contributed by atoms with Crippen LogP contribution in [0.1, 0.15) is 17.5 Å². The van der Waals surface area contributed by atoms with Crippen molar-refractivity contribution < 1.29 is 8.76 Å². The molecule has 1 aromatic rings. The lowest BCUT2D eigenvalue weighted by Crippen LogP contribution is -2.20. The fourth-order valence-corrected chi connectivity index (χ4v) is 2.84. The normalized spacial score (nSPS) is 16.7. The zero-order chi connectivity index (χ0) is 13.3. The highest BCUT2D eigenvalue weighted by Crippen LogP contribution is 2.36. The van der Waals surface area contributed by atoms with Crippen molar-refractivity contribution in [3.05, 3.63) is 34.4 Å². The average molecular weight is 286 g/mol. The molecular formula is C12H14ClN2O2S-. The van der Waals surface area contributed by atoms with Gasteiger partial charge in [0.1, 0.15) is 0 Å². The Hall–Kier alpha value is -1.04. The van der Waals surface area contributed by atoms with Crippen molar-refractivity contribution in [2.24, 2.45) is 0 Å². The summed E-state index contributed by atoms with van der Waals surface area (Å²) in [7, 11) is 1.98. The summed E-state index contributed by atoms with van der Waals surface area (Å²) in [6.45, 7) is 2.81. The van der Waals surface area contributed by atoms with Crippen LogP contribution in [-0.2, 0) is 11.3 Å². The standard InChI is InChI=1S/C12H15ClN2O2S/c1-8-5-6-9(13)11-10(14-18(16)17)4-3-7-15(2)12(8)11/h4-6,14H,3,7H2,1-2H3,(H,16,17)/p-1. The fraction of sp³-hybridized carbons (Fsp3) is 0.333. The van der Waals surface area contributed by atoms with E-state index in [0.717, 1.165) is 29.8 Å². The van der Waals surface area contributed by atoms with Gasteiger partial charge in [0.15, 0.2) is 0 Å². The van der Waals surface area contributed by atoms with Crippen LogP contribution in [0.25, 0.3) is 5.70 Å². The van der Waals surface area contributed by atoms with Crippen molar-refractivity contribution >= 4 is 34.3 Å². The smallest absolute Gasteiger partial charge is 0.0521 e. The van der Waals surface area contributed by atoms with Crippen molar-refractivity contribution in [1.29, 1.82) is 0 Å². The lowest BCUT2D eigenvalue weighted by atomic mass is 10.0. The monoisotopic (exact) mass is 285 g/mol. The van der Waals surface area contributed by atoms with E-state index in [4.69, 9.17) is 11.6 Å². The number of nitrogens with one attached hydrogen (secondary N) is 1. The number of benzene rings is 1. The van der Waals surface area contributed by atoms with E-state index in [9.17, 15) is 8.76 Å². The van der Waals surface area contributed by atoms with Gasteiger partial charge in [-0.2, -0.15) is 0 Å². The predicted octanol–water partition coefficient (Wildman–Crippen LogP) is 2.21. The molecule has 0 spiro atoms. The summed E-state index contributed by atoms with van der Waals surface area (Å²) in [5.74, 6) is 0. The Kier molecular flexibility index (Phi) is 3.94. The maximum Gasteiger partial charge on any atom is 0.0521 e. The van der Waals surface area contributed by atoms with Crippen LogP contribution in [-0.4, -0.2) is 22.4 Å². The maximum atomic E-state index is 10.9. The highest BCUT2D eigenvalue weighted by Gasteiger charge is 2.19. The Labute approximate surface area is 114 Å². The molecule has 1 aromatic carbocycles. The molecule has 1 N–H and O–H groups in total. The van der Waals surface area contributed by atoms with Crippen LogP contribution in [0.5, 0.6) is 0 Å². The van der Waals surface area contributed by atoms with Crippen LogP contribution >= 0.6 is 11.6 Å². The molecule has 0 amide bonds. The lowest BCUT2D eigenvalue weighted by molar-refractivity contribution is 0.532. The number of anilines is 1. The molecule has 0 saturated carbocycles. The quantitative estimate of drug-likeness (QED) is 0.848. The summed E-state index contributed by atoms with van der Waals surface area (Å²) >= 11 is 3.87. The number of hydrogen-bond donors (Lipinski definition) is 1. The summed E-state index contributed by atoms with van der Waals surface area (Å²) in [6, 6.07) is 3.73. The molecule has 18 heavy (non-hydrogen) atoms. The lowest BCUT2D eigenvalue weighted by Gasteiger charge is -2.24. The predicted molar refractivity (Wildman–Crippen MR) is 74.1 cm³/mol. The van der Waals surface area contributed by atoms with Gasteiger partial charge in [-0.25, -0.2) is 0 Å². The van der Waals surface area contributed by atoms with E-state index < -0.39 is 11.3 Å². The van der Waals surface area contributed by atoms with Gasteiger partial charge in [0, 0.05) is 30.4 Å². The van der Waals surface area contributed by atoms with E-state index >= 15 is 0 Å². The molecular weight excluding hydrogens is 272 g/mol. The van der Waals surface area contributed by atoms with Gasteiger partial charge in [0.05, 0.1) is 16.4 Å². The number of aryl methyl sites for hydroxylation is 1. The highest BCUT2D eigenvalue weighted by atomic mass is 35.5. The molecule has 1 atom stereocenters. The van der Waals surface area contributed by atoms with E-state index in [0.29, 0.717) is 10.7 Å². The summed E-state index contributed by atoms with van der Waals surface area (Å²) in [4.78, 5) is 2.09. The first-order valence-corrected chi connectivity index (χ1v) is 7.02. The molecule has 2 rings (SSSR count). The average Bonchev–Trinajstić information content (AvgIpc) is 2.44. The Bertz CT molecular complexity index is 531. The minimum atomic E-state index is -2.35. The van der Waals surface area contributed by atoms with Crippen LogP contribution in [0.2, 0.25) is 5.02 Å². The number of halogens is 1. The van der Waals surface area contributed by atoms with Gasteiger partial charge in [0.2, 0.25) is 0 Å². The zero-order valence-corrected chi connectivity index (χ0v) is 11.8. The summed E-state index contributed by atoms with van der Waals surface area (Å²) < 4.78 is 24.2. The second kappa shape index (κ2) is 5.30. The van der Waals surface area contributed by atoms with Gasteiger partial charge >= 0.3 is 0 Å². The SMILES string of the molecule is Cc1ccc(Cl)c2c1N(C)CCC=C2NS(=O)[O-]. The number of hydrogen-bond acceptors (Lipinski definition) is 3. The first-order valence-electron chi connectivity index (χ1n) is 5.57. The first kappa shape index (κ1) is 13.4. The molecule has 1 unspecified atom stereocenters. The van der Waals surface area contributed by atoms with E-state index in [1.807, 2.05) is 26.1 Å². The van der Waals surface area contributed by atoms with Crippen molar-refractivity contribution in [2.75, 3.05) is 18.5 Å². The second-order valence-corrected chi connectivity index (χ2v) is 5.33. The summed E-state index contributed by atoms with van der Waals surface area (Å²) in [5, 5.41) is 0.550. The van der Waals surface area contributed by atoms with E-state index in [1.54, 1.807) is 6.07 Å². The minimum Gasteiger partial charge on any atom is -0.755 e. The first-order chi connectivity index (χ1) is 8.50. The van der Waals surface area contributed by atoms with Crippen molar-refractivity contribution in [3.8, 4) is 0 Å². The van der Waals surface area contributed by atoms with Gasteiger partial charge in [-0.3, -0.25) is 4.21 Å². The number of rotatable bonds is 2. The second-order valence-electron chi connectivity index (χ2n) is 4.25. The van der Waals surface area contributed by atoms with Crippen LogP contribution in [0.3, 0.4) is 0 Å². The minimum absolute atomic E-state index is 0.550. The molecule has 98 valence electrons. The van der Waals surface area contributed by atoms with Crippen LogP contribution in [0.4, 0.5) is 5.69 Å². The van der Waals surface area contributed by atoms with Gasteiger partial charge in [-0.1, -0.05) is 23.7 Å². The van der Waals surface area contributed by atoms with Gasteiger partial charge < -0.3 is 14.2 Å². The molecule has 0 aromatic heterocycles. The Morgan fingerprint density at radius 1 is 1.50 bits per heavy atom. The van der Waals surface area contributed by atoms with E-state index in [2.05, 4.69) is 9.62 Å². The Balaban J connectivity index is 2.61. The zero-order valence-electron chi connectivity index (χ0n) is 10.2. The fourth-order valence-electron chi connectivity index (χ4n) is 2.22. The molecule has 0 aliphatic carbocycles. The molecule has 0 saturated heterocycles. The molecule has 1 aliphatic rings.